The Balaban J connectivity index is 1.54. The van der Waals surface area contributed by atoms with Crippen molar-refractivity contribution in [2.75, 3.05) is 5.01 Å². The molecule has 0 saturated heterocycles. The molecule has 0 fully saturated rings. The Bertz CT molecular complexity index is 1190. The van der Waals surface area contributed by atoms with Crippen molar-refractivity contribution in [2.45, 2.75) is 13.0 Å². The van der Waals surface area contributed by atoms with E-state index < -0.39 is 11.0 Å². The number of carbonyl (C=O) groups excluding carboxylic acids is 1. The number of benzene rings is 2. The van der Waals surface area contributed by atoms with Crippen molar-refractivity contribution in [1.29, 1.82) is 0 Å². The number of carbonyl (C=O) groups is 1. The highest BCUT2D eigenvalue weighted by Gasteiger charge is 2.36. The molecule has 0 bridgehead atoms. The number of amides is 1. The van der Waals surface area contributed by atoms with E-state index in [9.17, 15) is 14.9 Å². The summed E-state index contributed by atoms with van der Waals surface area (Å²) in [6.45, 7) is 1.69. The van der Waals surface area contributed by atoms with Crippen LogP contribution in [0.4, 0.5) is 16.5 Å². The summed E-state index contributed by atoms with van der Waals surface area (Å²) in [5.41, 5.74) is 2.13. The van der Waals surface area contributed by atoms with Crippen LogP contribution < -0.4 is 5.01 Å². The first kappa shape index (κ1) is 19.8. The third-order valence-electron chi connectivity index (χ3n) is 4.24. The first-order chi connectivity index (χ1) is 14.4. The number of hydrogen-bond donors (Lipinski definition) is 0. The number of hydrazone groups is 1. The molecule has 0 saturated carbocycles. The van der Waals surface area contributed by atoms with Gasteiger partial charge in [-0.25, -0.2) is 4.98 Å². The summed E-state index contributed by atoms with van der Waals surface area (Å²) >= 11 is 7.06. The molecule has 0 spiro atoms. The lowest BCUT2D eigenvalue weighted by molar-refractivity contribution is -0.384. The molecule has 11 heteroatoms. The molecule has 1 aromatic heterocycles. The van der Waals surface area contributed by atoms with E-state index in [-0.39, 0.29) is 11.6 Å². The van der Waals surface area contributed by atoms with Crippen molar-refractivity contribution in [2.24, 2.45) is 15.3 Å². The fourth-order valence-electron chi connectivity index (χ4n) is 2.73. The summed E-state index contributed by atoms with van der Waals surface area (Å²) in [7, 11) is 0. The van der Waals surface area contributed by atoms with Crippen LogP contribution in [-0.4, -0.2) is 27.6 Å². The summed E-state index contributed by atoms with van der Waals surface area (Å²) in [4.78, 5) is 27.7. The Morgan fingerprint density at radius 2 is 2.00 bits per heavy atom. The number of halogens is 1. The number of nitro benzene ring substituents is 1. The first-order valence-electron chi connectivity index (χ1n) is 8.68. The molecule has 4 rings (SSSR count). The van der Waals surface area contributed by atoms with Gasteiger partial charge in [0, 0.05) is 28.1 Å². The molecule has 2 aromatic carbocycles. The van der Waals surface area contributed by atoms with Gasteiger partial charge >= 0.3 is 0 Å². The number of nitro groups is 1. The minimum Gasteiger partial charge on any atom is -0.269 e. The van der Waals surface area contributed by atoms with Crippen molar-refractivity contribution < 1.29 is 9.72 Å². The van der Waals surface area contributed by atoms with E-state index in [2.05, 4.69) is 20.3 Å². The first-order valence-corrected chi connectivity index (χ1v) is 9.94. The quantitative estimate of drug-likeness (QED) is 0.306. The van der Waals surface area contributed by atoms with Crippen LogP contribution in [0.3, 0.4) is 0 Å². The number of nitrogens with zero attached hydrogens (tertiary/aromatic N) is 6. The van der Waals surface area contributed by atoms with Gasteiger partial charge in [-0.3, -0.25) is 14.9 Å². The van der Waals surface area contributed by atoms with Gasteiger partial charge in [-0.2, -0.15) is 20.3 Å². The van der Waals surface area contributed by atoms with Crippen LogP contribution in [0.5, 0.6) is 0 Å². The Hall–Kier alpha value is -3.50. The van der Waals surface area contributed by atoms with Crippen molar-refractivity contribution >= 4 is 51.1 Å². The molecule has 0 N–H and O–H groups in total. The average molecular weight is 441 g/mol. The molecule has 1 amide bonds. The van der Waals surface area contributed by atoms with E-state index in [0.717, 1.165) is 0 Å². The number of thiazole rings is 1. The van der Waals surface area contributed by atoms with Crippen LogP contribution in [0.15, 0.2) is 69.2 Å². The maximum absolute atomic E-state index is 12.8. The third kappa shape index (κ3) is 3.95. The monoisotopic (exact) mass is 440 g/mol. The zero-order valence-electron chi connectivity index (χ0n) is 15.5. The highest BCUT2D eigenvalue weighted by atomic mass is 35.5. The lowest BCUT2D eigenvalue weighted by atomic mass is 10.1. The zero-order valence-corrected chi connectivity index (χ0v) is 17.0. The highest BCUT2D eigenvalue weighted by Crippen LogP contribution is 2.32. The number of rotatable bonds is 5. The van der Waals surface area contributed by atoms with Gasteiger partial charge in [0.2, 0.25) is 5.13 Å². The van der Waals surface area contributed by atoms with Gasteiger partial charge in [0.25, 0.3) is 11.6 Å². The van der Waals surface area contributed by atoms with Crippen LogP contribution in [0.25, 0.3) is 11.3 Å². The van der Waals surface area contributed by atoms with E-state index in [1.54, 1.807) is 48.7 Å². The highest BCUT2D eigenvalue weighted by molar-refractivity contribution is 7.14. The van der Waals surface area contributed by atoms with Gasteiger partial charge in [0.05, 0.1) is 22.0 Å². The summed E-state index contributed by atoms with van der Waals surface area (Å²) in [6.07, 6.45) is 0. The number of azo groups is 1. The summed E-state index contributed by atoms with van der Waals surface area (Å²) in [5, 5.41) is 27.3. The standard InChI is InChI=1S/C19H13ClN6O3S/c1-11-17(23-22-14-7-5-13(20)6-8-14)18(27)25(24-11)19-21-16(10-30-19)12-3-2-4-15(9-12)26(28)29/h2-10,17H,1H3/t17-/m0/s1. The second-order valence-electron chi connectivity index (χ2n) is 6.31. The molecule has 2 heterocycles. The SMILES string of the molecule is CC1=NN(c2nc(-c3cccc([N+](=O)[O-])c3)cs2)C(=O)[C@H]1N=Nc1ccc(Cl)cc1. The van der Waals surface area contributed by atoms with Crippen LogP contribution in [0.1, 0.15) is 6.92 Å². The molecule has 1 aliphatic rings. The Kier molecular flexibility index (Phi) is 5.34. The van der Waals surface area contributed by atoms with Crippen molar-refractivity contribution in [3.63, 3.8) is 0 Å². The predicted molar refractivity (Wildman–Crippen MR) is 115 cm³/mol. The second-order valence-corrected chi connectivity index (χ2v) is 7.58. The van der Waals surface area contributed by atoms with Gasteiger partial charge in [-0.15, -0.1) is 11.3 Å². The molecular formula is C19H13ClN6O3S. The van der Waals surface area contributed by atoms with Crippen LogP contribution >= 0.6 is 22.9 Å². The van der Waals surface area contributed by atoms with E-state index in [4.69, 9.17) is 11.6 Å². The fourth-order valence-corrected chi connectivity index (χ4v) is 3.64. The van der Waals surface area contributed by atoms with E-state index >= 15 is 0 Å². The molecule has 1 atom stereocenters. The minimum absolute atomic E-state index is 0.0316. The molecule has 9 nitrogen and oxygen atoms in total. The predicted octanol–water partition coefficient (Wildman–Crippen LogP) is 5.25. The smallest absolute Gasteiger partial charge is 0.269 e. The number of non-ortho nitro benzene ring substituents is 1. The van der Waals surface area contributed by atoms with Crippen LogP contribution in [0.2, 0.25) is 5.02 Å². The maximum atomic E-state index is 12.8. The van der Waals surface area contributed by atoms with Crippen LogP contribution in [0, 0.1) is 10.1 Å². The molecule has 0 radical (unpaired) electrons. The van der Waals surface area contributed by atoms with Gasteiger partial charge in [-0.05, 0) is 31.2 Å². The van der Waals surface area contributed by atoms with Gasteiger partial charge in [0.15, 0.2) is 6.04 Å². The van der Waals surface area contributed by atoms with Crippen LogP contribution in [-0.2, 0) is 4.79 Å². The Labute approximate surface area is 179 Å². The largest absolute Gasteiger partial charge is 0.282 e. The lowest BCUT2D eigenvalue weighted by Crippen LogP contribution is -2.29. The Morgan fingerprint density at radius 3 is 2.73 bits per heavy atom. The van der Waals surface area contributed by atoms with Gasteiger partial charge in [-0.1, -0.05) is 23.7 Å². The average Bonchev–Trinajstić information content (AvgIpc) is 3.33. The second kappa shape index (κ2) is 8.09. The minimum atomic E-state index is -0.842. The number of anilines is 1. The molecule has 1 aliphatic heterocycles. The fraction of sp³-hybridized carbons (Fsp3) is 0.105. The maximum Gasteiger partial charge on any atom is 0.282 e. The molecule has 150 valence electrons. The topological polar surface area (TPSA) is 113 Å². The van der Waals surface area contributed by atoms with Gasteiger partial charge < -0.3 is 0 Å². The zero-order chi connectivity index (χ0) is 21.3. The summed E-state index contributed by atoms with van der Waals surface area (Å²) in [5.74, 6) is -0.370. The van der Waals surface area contributed by atoms with E-state index in [0.29, 0.717) is 32.8 Å². The lowest BCUT2D eigenvalue weighted by Gasteiger charge is -2.08. The molecule has 0 unspecified atom stereocenters. The van der Waals surface area contributed by atoms with Crippen molar-refractivity contribution in [3.05, 3.63) is 69.0 Å². The van der Waals surface area contributed by atoms with E-state index in [1.807, 2.05) is 0 Å². The molecule has 0 aliphatic carbocycles. The van der Waals surface area contributed by atoms with Crippen molar-refractivity contribution in [3.8, 4) is 11.3 Å². The van der Waals surface area contributed by atoms with Crippen molar-refractivity contribution in [1.82, 2.24) is 4.98 Å². The summed E-state index contributed by atoms with van der Waals surface area (Å²) < 4.78 is 0. The number of hydrogen-bond acceptors (Lipinski definition) is 8. The third-order valence-corrected chi connectivity index (χ3v) is 5.31. The molecule has 3 aromatic rings. The molecule has 30 heavy (non-hydrogen) atoms. The normalized spacial score (nSPS) is 16.3. The van der Waals surface area contributed by atoms with Gasteiger partial charge in [0.1, 0.15) is 0 Å². The Morgan fingerprint density at radius 1 is 1.23 bits per heavy atom. The summed E-state index contributed by atoms with van der Waals surface area (Å²) in [6, 6.07) is 12.1. The number of aromatic nitrogens is 1. The van der Waals surface area contributed by atoms with E-state index in [1.165, 1.54) is 28.5 Å². The molecular weight excluding hydrogens is 428 g/mol.